The topological polar surface area (TPSA) is 65.5 Å². The van der Waals surface area contributed by atoms with Crippen molar-refractivity contribution in [1.29, 1.82) is 0 Å². The highest BCUT2D eigenvalue weighted by molar-refractivity contribution is 5.86. The predicted molar refractivity (Wildman–Crippen MR) is 88.5 cm³/mol. The lowest BCUT2D eigenvalue weighted by Gasteiger charge is -2.23. The Morgan fingerprint density at radius 2 is 1.90 bits per heavy atom. The fraction of sp³-hybridized carbons (Fsp3) is 0.875. The second kappa shape index (κ2) is 10.5. The van der Waals surface area contributed by atoms with E-state index in [1.165, 1.54) is 25.7 Å². The van der Waals surface area contributed by atoms with Gasteiger partial charge < -0.3 is 16.0 Å². The summed E-state index contributed by atoms with van der Waals surface area (Å²) in [6.07, 6.45) is 8.33. The Morgan fingerprint density at radius 3 is 2.52 bits per heavy atom. The van der Waals surface area contributed by atoms with Crippen LogP contribution in [0, 0.1) is 5.92 Å². The summed E-state index contributed by atoms with van der Waals surface area (Å²) in [6.45, 7) is 5.63. The summed E-state index contributed by atoms with van der Waals surface area (Å²) in [7, 11) is 1.73. The zero-order valence-electron chi connectivity index (χ0n) is 13.9. The molecule has 1 rings (SSSR count). The molecule has 3 N–H and O–H groups in total. The first kappa shape index (κ1) is 17.8. The molecule has 0 bridgehead atoms. The molecule has 0 aromatic rings. The standard InChI is InChI=1S/C16H32N4O/c1-13(2)8-7-11-18-16(17-3)19-12-15(21)20-14-9-5-4-6-10-14/h13-14H,4-12H2,1-3H3,(H,20,21)(H2,17,18,19). The molecular formula is C16H32N4O. The van der Waals surface area contributed by atoms with Crippen molar-refractivity contribution in [3.8, 4) is 0 Å². The summed E-state index contributed by atoms with van der Waals surface area (Å²) in [5, 5.41) is 9.41. The summed E-state index contributed by atoms with van der Waals surface area (Å²) in [5.41, 5.74) is 0. The van der Waals surface area contributed by atoms with E-state index >= 15 is 0 Å². The van der Waals surface area contributed by atoms with Crippen molar-refractivity contribution >= 4 is 11.9 Å². The van der Waals surface area contributed by atoms with Crippen molar-refractivity contribution in [1.82, 2.24) is 16.0 Å². The minimum atomic E-state index is 0.0621. The maximum atomic E-state index is 11.9. The normalized spacial score (nSPS) is 16.9. The average Bonchev–Trinajstić information content (AvgIpc) is 2.47. The third-order valence-corrected chi connectivity index (χ3v) is 3.86. The molecule has 0 aromatic heterocycles. The van der Waals surface area contributed by atoms with Gasteiger partial charge >= 0.3 is 0 Å². The highest BCUT2D eigenvalue weighted by Crippen LogP contribution is 2.16. The van der Waals surface area contributed by atoms with Gasteiger partial charge in [0.2, 0.25) is 5.91 Å². The Bertz CT molecular complexity index is 322. The summed E-state index contributed by atoms with van der Waals surface area (Å²) in [6, 6.07) is 0.370. The number of rotatable bonds is 7. The molecule has 5 nitrogen and oxygen atoms in total. The van der Waals surface area contributed by atoms with Crippen molar-refractivity contribution in [2.24, 2.45) is 10.9 Å². The van der Waals surface area contributed by atoms with Crippen LogP contribution in [-0.4, -0.2) is 38.0 Å². The van der Waals surface area contributed by atoms with Gasteiger partial charge in [0.1, 0.15) is 0 Å². The fourth-order valence-corrected chi connectivity index (χ4v) is 2.63. The van der Waals surface area contributed by atoms with Crippen LogP contribution in [0.3, 0.4) is 0 Å². The number of aliphatic imine (C=N–C) groups is 1. The first-order valence-electron chi connectivity index (χ1n) is 8.35. The van der Waals surface area contributed by atoms with Gasteiger partial charge in [-0.05, 0) is 31.6 Å². The molecule has 0 aromatic carbocycles. The van der Waals surface area contributed by atoms with Gasteiger partial charge in [0, 0.05) is 19.6 Å². The molecule has 0 heterocycles. The highest BCUT2D eigenvalue weighted by Gasteiger charge is 2.15. The molecule has 1 fully saturated rings. The number of hydrogen-bond acceptors (Lipinski definition) is 2. The van der Waals surface area contributed by atoms with Crippen LogP contribution in [0.25, 0.3) is 0 Å². The molecule has 0 spiro atoms. The van der Waals surface area contributed by atoms with E-state index in [1.54, 1.807) is 7.05 Å². The largest absolute Gasteiger partial charge is 0.356 e. The average molecular weight is 296 g/mol. The molecule has 21 heavy (non-hydrogen) atoms. The van der Waals surface area contributed by atoms with Crippen molar-refractivity contribution in [3.63, 3.8) is 0 Å². The molecule has 1 aliphatic rings. The van der Waals surface area contributed by atoms with E-state index in [4.69, 9.17) is 0 Å². The van der Waals surface area contributed by atoms with Crippen LogP contribution in [0.4, 0.5) is 0 Å². The molecule has 1 aliphatic carbocycles. The van der Waals surface area contributed by atoms with Gasteiger partial charge in [-0.1, -0.05) is 33.1 Å². The SMILES string of the molecule is CN=C(NCCCC(C)C)NCC(=O)NC1CCCCC1. The van der Waals surface area contributed by atoms with Crippen LogP contribution < -0.4 is 16.0 Å². The van der Waals surface area contributed by atoms with Gasteiger partial charge in [-0.15, -0.1) is 0 Å². The molecule has 0 radical (unpaired) electrons. The van der Waals surface area contributed by atoms with Crippen molar-refractivity contribution in [2.75, 3.05) is 20.1 Å². The van der Waals surface area contributed by atoms with E-state index in [0.29, 0.717) is 18.5 Å². The molecule has 0 aliphatic heterocycles. The van der Waals surface area contributed by atoms with Gasteiger partial charge in [0.15, 0.2) is 5.96 Å². The minimum absolute atomic E-state index is 0.0621. The monoisotopic (exact) mass is 296 g/mol. The number of nitrogens with zero attached hydrogens (tertiary/aromatic N) is 1. The second-order valence-corrected chi connectivity index (χ2v) is 6.29. The molecule has 5 heteroatoms. The van der Waals surface area contributed by atoms with E-state index in [-0.39, 0.29) is 5.91 Å². The number of guanidine groups is 1. The summed E-state index contributed by atoms with van der Waals surface area (Å²) < 4.78 is 0. The van der Waals surface area contributed by atoms with E-state index in [0.717, 1.165) is 31.7 Å². The Kier molecular flexibility index (Phi) is 8.87. The third kappa shape index (κ3) is 8.58. The summed E-state index contributed by atoms with van der Waals surface area (Å²) >= 11 is 0. The number of hydrogen-bond donors (Lipinski definition) is 3. The van der Waals surface area contributed by atoms with E-state index < -0.39 is 0 Å². The van der Waals surface area contributed by atoms with E-state index in [2.05, 4.69) is 34.8 Å². The number of amides is 1. The van der Waals surface area contributed by atoms with E-state index in [1.807, 2.05) is 0 Å². The first-order chi connectivity index (χ1) is 10.1. The van der Waals surface area contributed by atoms with Gasteiger partial charge in [0.25, 0.3) is 0 Å². The van der Waals surface area contributed by atoms with Gasteiger partial charge in [0.05, 0.1) is 6.54 Å². The molecule has 1 amide bonds. The van der Waals surface area contributed by atoms with Gasteiger partial charge in [-0.25, -0.2) is 0 Å². The maximum Gasteiger partial charge on any atom is 0.239 e. The van der Waals surface area contributed by atoms with Crippen molar-refractivity contribution in [2.45, 2.75) is 64.8 Å². The maximum absolute atomic E-state index is 11.9. The quantitative estimate of drug-likeness (QED) is 0.383. The molecule has 1 saturated carbocycles. The van der Waals surface area contributed by atoms with Crippen LogP contribution in [0.2, 0.25) is 0 Å². The van der Waals surface area contributed by atoms with Crippen LogP contribution in [0.5, 0.6) is 0 Å². The third-order valence-electron chi connectivity index (χ3n) is 3.86. The molecule has 0 unspecified atom stereocenters. The van der Waals surface area contributed by atoms with Crippen LogP contribution in [-0.2, 0) is 4.79 Å². The van der Waals surface area contributed by atoms with Crippen molar-refractivity contribution in [3.05, 3.63) is 0 Å². The first-order valence-corrected chi connectivity index (χ1v) is 8.35. The summed E-state index contributed by atoms with van der Waals surface area (Å²) in [4.78, 5) is 16.0. The Balaban J connectivity index is 2.14. The van der Waals surface area contributed by atoms with Crippen LogP contribution in [0.1, 0.15) is 58.8 Å². The fourth-order valence-electron chi connectivity index (χ4n) is 2.63. The molecule has 122 valence electrons. The number of nitrogens with one attached hydrogen (secondary N) is 3. The lowest BCUT2D eigenvalue weighted by Crippen LogP contribution is -2.46. The second-order valence-electron chi connectivity index (χ2n) is 6.29. The molecule has 0 saturated heterocycles. The zero-order chi connectivity index (χ0) is 15.5. The van der Waals surface area contributed by atoms with E-state index in [9.17, 15) is 4.79 Å². The van der Waals surface area contributed by atoms with Gasteiger partial charge in [-0.3, -0.25) is 9.79 Å². The number of carbonyl (C=O) groups excluding carboxylic acids is 1. The lowest BCUT2D eigenvalue weighted by molar-refractivity contribution is -0.120. The smallest absolute Gasteiger partial charge is 0.239 e. The zero-order valence-corrected chi connectivity index (χ0v) is 13.9. The predicted octanol–water partition coefficient (Wildman–Crippen LogP) is 2.04. The Hall–Kier alpha value is -1.26. The summed E-state index contributed by atoms with van der Waals surface area (Å²) in [5.74, 6) is 1.49. The number of carbonyl (C=O) groups is 1. The lowest BCUT2D eigenvalue weighted by atomic mass is 9.95. The van der Waals surface area contributed by atoms with Crippen LogP contribution in [0.15, 0.2) is 4.99 Å². The van der Waals surface area contributed by atoms with Gasteiger partial charge in [-0.2, -0.15) is 0 Å². The minimum Gasteiger partial charge on any atom is -0.356 e. The molecule has 0 atom stereocenters. The Morgan fingerprint density at radius 1 is 1.19 bits per heavy atom. The molecular weight excluding hydrogens is 264 g/mol. The highest BCUT2D eigenvalue weighted by atomic mass is 16.2. The van der Waals surface area contributed by atoms with Crippen molar-refractivity contribution < 1.29 is 4.79 Å². The van der Waals surface area contributed by atoms with Crippen LogP contribution >= 0.6 is 0 Å². The Labute approximate surface area is 129 Å².